The van der Waals surface area contributed by atoms with E-state index in [1.807, 2.05) is 0 Å². The molecule has 1 aromatic rings. The second-order valence-electron chi connectivity index (χ2n) is 3.29. The average molecular weight is 212 g/mol. The zero-order valence-corrected chi connectivity index (χ0v) is 8.35. The van der Waals surface area contributed by atoms with Gasteiger partial charge in [0.15, 0.2) is 0 Å². The number of aliphatic hydroxyl groups excluding tert-OH is 1. The van der Waals surface area contributed by atoms with Crippen molar-refractivity contribution >= 4 is 0 Å². The minimum absolute atomic E-state index is 0.0668. The lowest BCUT2D eigenvalue weighted by molar-refractivity contribution is 0.174. The molecule has 0 aromatic heterocycles. The maximum atomic E-state index is 9.67. The molecule has 84 valence electrons. The number of phenols is 2. The molecule has 1 rings (SSSR count). The van der Waals surface area contributed by atoms with Gasteiger partial charge >= 0.3 is 0 Å². The highest BCUT2D eigenvalue weighted by Crippen LogP contribution is 2.24. The Labute approximate surface area is 88.2 Å². The van der Waals surface area contributed by atoms with Crippen molar-refractivity contribution in [2.24, 2.45) is 5.73 Å². The summed E-state index contributed by atoms with van der Waals surface area (Å²) < 4.78 is 0. The number of hydrogen-bond acceptors (Lipinski definition) is 5. The van der Waals surface area contributed by atoms with E-state index in [0.29, 0.717) is 25.2 Å². The number of rotatable bonds is 5. The second kappa shape index (κ2) is 5.55. The Morgan fingerprint density at radius 1 is 1.20 bits per heavy atom. The summed E-state index contributed by atoms with van der Waals surface area (Å²) in [7, 11) is 0. The minimum atomic E-state index is -0.769. The maximum absolute atomic E-state index is 9.67. The summed E-state index contributed by atoms with van der Waals surface area (Å²) in [5.41, 5.74) is 5.75. The lowest BCUT2D eigenvalue weighted by Crippen LogP contribution is -2.27. The van der Waals surface area contributed by atoms with Gasteiger partial charge in [0.2, 0.25) is 0 Å². The van der Waals surface area contributed by atoms with Gasteiger partial charge in [-0.05, 0) is 17.7 Å². The van der Waals surface area contributed by atoms with Crippen molar-refractivity contribution in [2.45, 2.75) is 6.10 Å². The predicted octanol–water partition coefficient (Wildman–Crippen LogP) is -0.321. The topological polar surface area (TPSA) is 98.7 Å². The van der Waals surface area contributed by atoms with Crippen molar-refractivity contribution in [3.05, 3.63) is 23.8 Å². The van der Waals surface area contributed by atoms with Crippen LogP contribution in [0.5, 0.6) is 11.5 Å². The lowest BCUT2D eigenvalue weighted by Gasteiger charge is -2.12. The fraction of sp³-hybridized carbons (Fsp3) is 0.400. The molecule has 6 N–H and O–H groups in total. The van der Waals surface area contributed by atoms with Gasteiger partial charge < -0.3 is 26.4 Å². The van der Waals surface area contributed by atoms with Crippen LogP contribution in [0.1, 0.15) is 11.7 Å². The summed E-state index contributed by atoms with van der Waals surface area (Å²) in [5, 5.41) is 31.0. The Balaban J connectivity index is 2.60. The molecule has 1 unspecified atom stereocenters. The van der Waals surface area contributed by atoms with Gasteiger partial charge in [-0.25, -0.2) is 0 Å². The Kier molecular flexibility index (Phi) is 4.36. The van der Waals surface area contributed by atoms with Crippen LogP contribution in [0.25, 0.3) is 0 Å². The third-order valence-corrected chi connectivity index (χ3v) is 1.97. The number of phenolic OH excluding ortho intramolecular Hbond substituents is 2. The average Bonchev–Trinajstić information content (AvgIpc) is 2.16. The first-order valence-corrected chi connectivity index (χ1v) is 4.75. The Hall–Kier alpha value is -1.30. The SMILES string of the molecule is NCCNCC(O)c1cc(O)cc(O)c1. The van der Waals surface area contributed by atoms with Crippen molar-refractivity contribution in [3.63, 3.8) is 0 Å². The monoisotopic (exact) mass is 212 g/mol. The van der Waals surface area contributed by atoms with Crippen molar-refractivity contribution < 1.29 is 15.3 Å². The van der Waals surface area contributed by atoms with E-state index in [1.165, 1.54) is 18.2 Å². The first-order valence-electron chi connectivity index (χ1n) is 4.75. The molecule has 1 atom stereocenters. The number of aromatic hydroxyl groups is 2. The zero-order valence-electron chi connectivity index (χ0n) is 8.35. The molecular weight excluding hydrogens is 196 g/mol. The van der Waals surface area contributed by atoms with Crippen molar-refractivity contribution in [1.82, 2.24) is 5.32 Å². The van der Waals surface area contributed by atoms with E-state index < -0.39 is 6.10 Å². The molecule has 0 saturated heterocycles. The number of hydrogen-bond donors (Lipinski definition) is 5. The molecule has 5 heteroatoms. The molecule has 0 aliphatic rings. The molecule has 0 saturated carbocycles. The van der Waals surface area contributed by atoms with E-state index in [9.17, 15) is 15.3 Å². The van der Waals surface area contributed by atoms with Crippen LogP contribution < -0.4 is 11.1 Å². The molecule has 0 aliphatic carbocycles. The molecule has 1 aromatic carbocycles. The van der Waals surface area contributed by atoms with E-state index in [0.717, 1.165) is 0 Å². The maximum Gasteiger partial charge on any atom is 0.119 e. The largest absolute Gasteiger partial charge is 0.508 e. The third-order valence-electron chi connectivity index (χ3n) is 1.97. The Morgan fingerprint density at radius 3 is 2.33 bits per heavy atom. The van der Waals surface area contributed by atoms with Crippen LogP contribution in [-0.4, -0.2) is 35.0 Å². The van der Waals surface area contributed by atoms with Crippen LogP contribution in [0.4, 0.5) is 0 Å². The summed E-state index contributed by atoms with van der Waals surface area (Å²) in [6.07, 6.45) is -0.769. The summed E-state index contributed by atoms with van der Waals surface area (Å²) in [6, 6.07) is 4.03. The predicted molar refractivity (Wildman–Crippen MR) is 56.7 cm³/mol. The van der Waals surface area contributed by atoms with Crippen molar-refractivity contribution in [1.29, 1.82) is 0 Å². The number of aliphatic hydroxyl groups is 1. The number of nitrogens with one attached hydrogen (secondary N) is 1. The van der Waals surface area contributed by atoms with Gasteiger partial charge in [-0.3, -0.25) is 0 Å². The van der Waals surface area contributed by atoms with Crippen molar-refractivity contribution in [3.8, 4) is 11.5 Å². The lowest BCUT2D eigenvalue weighted by atomic mass is 10.1. The van der Waals surface area contributed by atoms with Gasteiger partial charge in [0.25, 0.3) is 0 Å². The van der Waals surface area contributed by atoms with Crippen LogP contribution in [0.15, 0.2) is 18.2 Å². The van der Waals surface area contributed by atoms with Gasteiger partial charge in [-0.15, -0.1) is 0 Å². The van der Waals surface area contributed by atoms with Gasteiger partial charge in [-0.1, -0.05) is 0 Å². The normalized spacial score (nSPS) is 12.7. The fourth-order valence-corrected chi connectivity index (χ4v) is 1.27. The summed E-state index contributed by atoms with van der Waals surface area (Å²) in [4.78, 5) is 0. The van der Waals surface area contributed by atoms with Crippen LogP contribution >= 0.6 is 0 Å². The first-order chi connectivity index (χ1) is 7.13. The van der Waals surface area contributed by atoms with Gasteiger partial charge in [0.05, 0.1) is 6.10 Å². The molecule has 5 nitrogen and oxygen atoms in total. The smallest absolute Gasteiger partial charge is 0.119 e. The minimum Gasteiger partial charge on any atom is -0.508 e. The summed E-state index contributed by atoms with van der Waals surface area (Å²) >= 11 is 0. The van der Waals surface area contributed by atoms with Crippen LogP contribution in [0.2, 0.25) is 0 Å². The molecule has 0 spiro atoms. The van der Waals surface area contributed by atoms with Gasteiger partial charge in [-0.2, -0.15) is 0 Å². The van der Waals surface area contributed by atoms with Gasteiger partial charge in [0, 0.05) is 25.7 Å². The summed E-state index contributed by atoms with van der Waals surface area (Å²) in [5.74, 6) is -0.134. The van der Waals surface area contributed by atoms with E-state index in [-0.39, 0.29) is 11.5 Å². The molecular formula is C10H16N2O3. The molecule has 0 radical (unpaired) electrons. The highest BCUT2D eigenvalue weighted by atomic mass is 16.3. The fourth-order valence-electron chi connectivity index (χ4n) is 1.27. The Bertz CT molecular complexity index is 297. The summed E-state index contributed by atoms with van der Waals surface area (Å²) in [6.45, 7) is 1.44. The van der Waals surface area contributed by atoms with Crippen LogP contribution in [-0.2, 0) is 0 Å². The molecule has 15 heavy (non-hydrogen) atoms. The highest BCUT2D eigenvalue weighted by molar-refractivity contribution is 5.37. The highest BCUT2D eigenvalue weighted by Gasteiger charge is 2.09. The molecule has 0 fully saturated rings. The van der Waals surface area contributed by atoms with E-state index in [2.05, 4.69) is 5.32 Å². The standard InChI is InChI=1S/C10H16N2O3/c11-1-2-12-6-10(15)7-3-8(13)5-9(14)4-7/h3-5,10,12-15H,1-2,6,11H2. The van der Waals surface area contributed by atoms with E-state index in [4.69, 9.17) is 5.73 Å². The molecule has 0 heterocycles. The van der Waals surface area contributed by atoms with Gasteiger partial charge in [0.1, 0.15) is 11.5 Å². The number of benzene rings is 1. The second-order valence-corrected chi connectivity index (χ2v) is 3.29. The molecule has 0 bridgehead atoms. The van der Waals surface area contributed by atoms with Crippen LogP contribution in [0, 0.1) is 0 Å². The van der Waals surface area contributed by atoms with Crippen LogP contribution in [0.3, 0.4) is 0 Å². The Morgan fingerprint density at radius 2 is 1.80 bits per heavy atom. The van der Waals surface area contributed by atoms with E-state index in [1.54, 1.807) is 0 Å². The van der Waals surface area contributed by atoms with E-state index >= 15 is 0 Å². The first kappa shape index (κ1) is 11.8. The van der Waals surface area contributed by atoms with Crippen molar-refractivity contribution in [2.75, 3.05) is 19.6 Å². The quantitative estimate of drug-likeness (QED) is 0.431. The molecule has 0 amide bonds. The molecule has 0 aliphatic heterocycles. The zero-order chi connectivity index (χ0) is 11.3. The number of nitrogens with two attached hydrogens (primary N) is 1. The third kappa shape index (κ3) is 3.75.